The first-order valence-corrected chi connectivity index (χ1v) is 6.64. The van der Waals surface area contributed by atoms with Crippen LogP contribution in [-0.4, -0.2) is 37.2 Å². The molecule has 0 N–H and O–H groups in total. The zero-order valence-electron chi connectivity index (χ0n) is 9.82. The molecule has 15 heavy (non-hydrogen) atoms. The average Bonchev–Trinajstić information content (AvgIpc) is 2.78. The zero-order valence-corrected chi connectivity index (χ0v) is 9.82. The highest BCUT2D eigenvalue weighted by Gasteiger charge is 2.39. The van der Waals surface area contributed by atoms with Crippen LogP contribution in [-0.2, 0) is 4.74 Å². The number of nitrogens with zero attached hydrogens (tertiary/aromatic N) is 1. The fraction of sp³-hybridized carbons (Fsp3) is 1.00. The molecule has 3 aliphatic rings. The van der Waals surface area contributed by atoms with Gasteiger partial charge in [-0.2, -0.15) is 0 Å². The molecular weight excluding hydrogens is 186 g/mol. The van der Waals surface area contributed by atoms with Gasteiger partial charge in [-0.25, -0.2) is 0 Å². The summed E-state index contributed by atoms with van der Waals surface area (Å²) in [5.41, 5.74) is 0. The van der Waals surface area contributed by atoms with E-state index in [1.165, 1.54) is 38.8 Å². The number of hydrogen-bond acceptors (Lipinski definition) is 2. The van der Waals surface area contributed by atoms with E-state index in [4.69, 9.17) is 4.74 Å². The van der Waals surface area contributed by atoms with E-state index >= 15 is 0 Å². The van der Waals surface area contributed by atoms with Crippen molar-refractivity contribution in [2.75, 3.05) is 26.3 Å². The van der Waals surface area contributed by atoms with Crippen molar-refractivity contribution in [3.8, 4) is 0 Å². The van der Waals surface area contributed by atoms with E-state index in [-0.39, 0.29) is 0 Å². The van der Waals surface area contributed by atoms with Crippen LogP contribution in [0.25, 0.3) is 0 Å². The van der Waals surface area contributed by atoms with Gasteiger partial charge < -0.3 is 4.74 Å². The highest BCUT2D eigenvalue weighted by Crippen LogP contribution is 2.35. The van der Waals surface area contributed by atoms with Gasteiger partial charge in [0, 0.05) is 31.0 Å². The molecule has 3 rings (SSSR count). The van der Waals surface area contributed by atoms with Crippen molar-refractivity contribution < 1.29 is 4.74 Å². The molecule has 2 nitrogen and oxygen atoms in total. The lowest BCUT2D eigenvalue weighted by Gasteiger charge is -2.34. The van der Waals surface area contributed by atoms with Gasteiger partial charge in [-0.05, 0) is 31.6 Å². The molecule has 2 atom stereocenters. The van der Waals surface area contributed by atoms with E-state index in [1.54, 1.807) is 0 Å². The van der Waals surface area contributed by atoms with Gasteiger partial charge in [-0.1, -0.05) is 6.92 Å². The van der Waals surface area contributed by atoms with E-state index < -0.39 is 0 Å². The number of fused-ring (bicyclic) bond motifs is 1. The number of likely N-dealkylation sites (tertiary alicyclic amines) is 1. The van der Waals surface area contributed by atoms with Crippen LogP contribution >= 0.6 is 0 Å². The predicted molar refractivity (Wildman–Crippen MR) is 60.8 cm³/mol. The Morgan fingerprint density at radius 2 is 1.53 bits per heavy atom. The minimum Gasteiger partial charge on any atom is -0.381 e. The van der Waals surface area contributed by atoms with Crippen molar-refractivity contribution in [1.29, 1.82) is 0 Å². The largest absolute Gasteiger partial charge is 0.381 e. The van der Waals surface area contributed by atoms with Crippen LogP contribution in [0.3, 0.4) is 0 Å². The van der Waals surface area contributed by atoms with Gasteiger partial charge in [0.2, 0.25) is 0 Å². The van der Waals surface area contributed by atoms with Crippen molar-refractivity contribution in [3.05, 3.63) is 0 Å². The maximum atomic E-state index is 5.54. The average molecular weight is 209 g/mol. The Morgan fingerprint density at radius 1 is 0.933 bits per heavy atom. The fourth-order valence-electron chi connectivity index (χ4n) is 3.63. The van der Waals surface area contributed by atoms with E-state index in [0.717, 1.165) is 37.0 Å². The SMILES string of the molecule is CC1CCC(N2CC3COCC3C2)CC1. The van der Waals surface area contributed by atoms with Crippen LogP contribution in [0.2, 0.25) is 0 Å². The molecule has 2 heterocycles. The summed E-state index contributed by atoms with van der Waals surface area (Å²) in [6, 6.07) is 0.909. The Hall–Kier alpha value is -0.0800. The molecule has 1 saturated carbocycles. The summed E-state index contributed by atoms with van der Waals surface area (Å²) in [6.45, 7) is 7.12. The van der Waals surface area contributed by atoms with E-state index in [1.807, 2.05) is 0 Å². The van der Waals surface area contributed by atoms with Crippen molar-refractivity contribution in [1.82, 2.24) is 4.90 Å². The molecule has 0 bridgehead atoms. The molecule has 2 heteroatoms. The molecule has 1 aliphatic carbocycles. The summed E-state index contributed by atoms with van der Waals surface area (Å²) < 4.78 is 5.54. The number of ether oxygens (including phenoxy) is 1. The lowest BCUT2D eigenvalue weighted by Crippen LogP contribution is -2.37. The third-order valence-electron chi connectivity index (χ3n) is 4.77. The molecule has 0 radical (unpaired) electrons. The van der Waals surface area contributed by atoms with Crippen LogP contribution in [0.1, 0.15) is 32.6 Å². The Kier molecular flexibility index (Phi) is 2.73. The van der Waals surface area contributed by atoms with Crippen LogP contribution in [0.5, 0.6) is 0 Å². The molecule has 0 aromatic rings. The zero-order chi connectivity index (χ0) is 10.3. The third-order valence-corrected chi connectivity index (χ3v) is 4.77. The molecule has 2 aliphatic heterocycles. The molecule has 86 valence electrons. The van der Waals surface area contributed by atoms with Gasteiger partial charge in [-0.15, -0.1) is 0 Å². The van der Waals surface area contributed by atoms with Gasteiger partial charge in [0.1, 0.15) is 0 Å². The predicted octanol–water partition coefficient (Wildman–Crippen LogP) is 2.14. The smallest absolute Gasteiger partial charge is 0.0510 e. The van der Waals surface area contributed by atoms with Gasteiger partial charge in [0.05, 0.1) is 13.2 Å². The van der Waals surface area contributed by atoms with Crippen LogP contribution in [0, 0.1) is 17.8 Å². The summed E-state index contributed by atoms with van der Waals surface area (Å²) in [7, 11) is 0. The van der Waals surface area contributed by atoms with Gasteiger partial charge in [0.15, 0.2) is 0 Å². The lowest BCUT2D eigenvalue weighted by atomic mass is 9.87. The summed E-state index contributed by atoms with van der Waals surface area (Å²) in [6.07, 6.45) is 5.79. The van der Waals surface area contributed by atoms with Crippen LogP contribution < -0.4 is 0 Å². The first-order valence-electron chi connectivity index (χ1n) is 6.64. The fourth-order valence-corrected chi connectivity index (χ4v) is 3.63. The highest BCUT2D eigenvalue weighted by atomic mass is 16.5. The Bertz CT molecular complexity index is 211. The van der Waals surface area contributed by atoms with Crippen LogP contribution in [0.4, 0.5) is 0 Å². The molecule has 3 fully saturated rings. The van der Waals surface area contributed by atoms with Crippen molar-refractivity contribution in [2.45, 2.75) is 38.6 Å². The maximum absolute atomic E-state index is 5.54. The summed E-state index contributed by atoms with van der Waals surface area (Å²) >= 11 is 0. The first kappa shape index (κ1) is 10.1. The molecule has 0 aromatic heterocycles. The standard InChI is InChI=1S/C13H23NO/c1-10-2-4-13(5-3-10)14-6-11-8-15-9-12(11)7-14/h10-13H,2-9H2,1H3. The summed E-state index contributed by atoms with van der Waals surface area (Å²) in [5, 5.41) is 0. The Morgan fingerprint density at radius 3 is 2.13 bits per heavy atom. The molecule has 0 amide bonds. The second-order valence-electron chi connectivity index (χ2n) is 5.93. The second kappa shape index (κ2) is 4.06. The molecule has 2 saturated heterocycles. The van der Waals surface area contributed by atoms with Gasteiger partial charge in [-0.3, -0.25) is 4.90 Å². The topological polar surface area (TPSA) is 12.5 Å². The summed E-state index contributed by atoms with van der Waals surface area (Å²) in [5.74, 6) is 2.71. The monoisotopic (exact) mass is 209 g/mol. The van der Waals surface area contributed by atoms with E-state index in [9.17, 15) is 0 Å². The number of rotatable bonds is 1. The molecule has 0 spiro atoms. The van der Waals surface area contributed by atoms with Gasteiger partial charge in [0.25, 0.3) is 0 Å². The lowest BCUT2D eigenvalue weighted by molar-refractivity contribution is 0.118. The molecule has 0 aromatic carbocycles. The quantitative estimate of drug-likeness (QED) is 0.656. The van der Waals surface area contributed by atoms with Crippen molar-refractivity contribution in [3.63, 3.8) is 0 Å². The van der Waals surface area contributed by atoms with E-state index in [2.05, 4.69) is 11.8 Å². The van der Waals surface area contributed by atoms with Crippen molar-refractivity contribution >= 4 is 0 Å². The number of hydrogen-bond donors (Lipinski definition) is 0. The molecule has 2 unspecified atom stereocenters. The van der Waals surface area contributed by atoms with E-state index in [0.29, 0.717) is 0 Å². The summed E-state index contributed by atoms with van der Waals surface area (Å²) in [4.78, 5) is 2.77. The van der Waals surface area contributed by atoms with Gasteiger partial charge >= 0.3 is 0 Å². The Balaban J connectivity index is 1.56. The van der Waals surface area contributed by atoms with Crippen LogP contribution in [0.15, 0.2) is 0 Å². The first-order chi connectivity index (χ1) is 7.33. The molecular formula is C13H23NO. The van der Waals surface area contributed by atoms with Crippen molar-refractivity contribution in [2.24, 2.45) is 17.8 Å². The maximum Gasteiger partial charge on any atom is 0.0510 e. The third kappa shape index (κ3) is 1.94. The minimum absolute atomic E-state index is 0.865. The highest BCUT2D eigenvalue weighted by molar-refractivity contribution is 4.91. The Labute approximate surface area is 93.0 Å². The second-order valence-corrected chi connectivity index (χ2v) is 5.93. The minimum atomic E-state index is 0.865. The normalized spacial score (nSPS) is 47.0.